The average molecular weight is 235 g/mol. The van der Waals surface area contributed by atoms with Crippen molar-refractivity contribution in [1.82, 2.24) is 0 Å². The van der Waals surface area contributed by atoms with Crippen molar-refractivity contribution in [2.75, 3.05) is 0 Å². The van der Waals surface area contributed by atoms with E-state index >= 15 is 0 Å². The Labute approximate surface area is 99.9 Å². The van der Waals surface area contributed by atoms with Crippen molar-refractivity contribution < 1.29 is 32.7 Å². The van der Waals surface area contributed by atoms with Crippen LogP contribution in [-0.2, 0) is 32.7 Å². The molecule has 0 N–H and O–H groups in total. The normalized spacial score (nSPS) is 7.42. The van der Waals surface area contributed by atoms with Crippen LogP contribution in [0.2, 0.25) is 0 Å². The minimum absolute atomic E-state index is 0. The first-order valence-corrected chi connectivity index (χ1v) is 3.19. The zero-order valence-electron chi connectivity index (χ0n) is 7.76. The monoisotopic (exact) mass is 235 g/mol. The summed E-state index contributed by atoms with van der Waals surface area (Å²) >= 11 is 0. The van der Waals surface area contributed by atoms with Crippen LogP contribution in [0.4, 0.5) is 5.69 Å². The molecule has 0 saturated heterocycles. The summed E-state index contributed by atoms with van der Waals surface area (Å²) in [6, 6.07) is 5.84. The molecule has 61 valence electrons. The van der Waals surface area contributed by atoms with Crippen LogP contribution in [0.15, 0.2) is 18.2 Å². The molecule has 1 nitrogen and oxygen atoms in total. The molecular weight excluding hydrogens is 223 g/mol. The van der Waals surface area contributed by atoms with Gasteiger partial charge in [-0.15, -0.1) is 0 Å². The Hall–Kier alpha value is -0.186. The standard InChI is InChI=1S/C9H9N.CH3.Y/c1-7-4-5-9(10-3)8(2)6-7;;/h4-6H,1-2H3;1H3;/q;-1;. The fourth-order valence-corrected chi connectivity index (χ4v) is 0.931. The molecule has 1 aromatic carbocycles. The van der Waals surface area contributed by atoms with Gasteiger partial charge in [-0.25, -0.2) is 4.85 Å². The SMILES string of the molecule is [C-]#[N+]c1ccc(C)cc1C.[CH3-].[Y]. The maximum absolute atomic E-state index is 6.78. The topological polar surface area (TPSA) is 4.36 Å². The summed E-state index contributed by atoms with van der Waals surface area (Å²) in [5.41, 5.74) is 3.03. The van der Waals surface area contributed by atoms with Gasteiger partial charge < -0.3 is 7.43 Å². The van der Waals surface area contributed by atoms with E-state index in [0.717, 1.165) is 11.3 Å². The molecule has 0 aromatic heterocycles. The quantitative estimate of drug-likeness (QED) is 0.607. The first kappa shape index (κ1) is 14.3. The van der Waals surface area contributed by atoms with Crippen molar-refractivity contribution >= 4 is 5.69 Å². The van der Waals surface area contributed by atoms with Crippen LogP contribution in [-0.4, -0.2) is 0 Å². The third-order valence-electron chi connectivity index (χ3n) is 1.47. The molecular formula is C10H12NY-. The summed E-state index contributed by atoms with van der Waals surface area (Å²) < 4.78 is 0. The van der Waals surface area contributed by atoms with Crippen LogP contribution < -0.4 is 0 Å². The number of rotatable bonds is 0. The molecule has 0 heterocycles. The third-order valence-corrected chi connectivity index (χ3v) is 1.47. The second kappa shape index (κ2) is 6.34. The van der Waals surface area contributed by atoms with Gasteiger partial charge >= 0.3 is 0 Å². The third kappa shape index (κ3) is 3.47. The molecule has 0 amide bonds. The van der Waals surface area contributed by atoms with Crippen LogP contribution >= 0.6 is 0 Å². The van der Waals surface area contributed by atoms with Gasteiger partial charge in [0.25, 0.3) is 0 Å². The summed E-state index contributed by atoms with van der Waals surface area (Å²) in [5.74, 6) is 0. The molecule has 1 rings (SSSR count). The summed E-state index contributed by atoms with van der Waals surface area (Å²) in [5, 5.41) is 0. The van der Waals surface area contributed by atoms with E-state index < -0.39 is 0 Å². The van der Waals surface area contributed by atoms with E-state index in [-0.39, 0.29) is 40.1 Å². The van der Waals surface area contributed by atoms with Crippen molar-refractivity contribution in [2.45, 2.75) is 13.8 Å². The van der Waals surface area contributed by atoms with Crippen LogP contribution in [0.1, 0.15) is 11.1 Å². The summed E-state index contributed by atoms with van der Waals surface area (Å²) in [6.07, 6.45) is 0. The van der Waals surface area contributed by atoms with Gasteiger partial charge in [0.2, 0.25) is 0 Å². The first-order chi connectivity index (χ1) is 4.74. The van der Waals surface area contributed by atoms with Crippen molar-refractivity contribution in [2.24, 2.45) is 0 Å². The van der Waals surface area contributed by atoms with Crippen molar-refractivity contribution in [3.8, 4) is 0 Å². The first-order valence-electron chi connectivity index (χ1n) is 3.19. The van der Waals surface area contributed by atoms with Crippen LogP contribution in [0, 0.1) is 27.8 Å². The molecule has 1 aromatic rings. The molecule has 0 unspecified atom stereocenters. The molecule has 0 fully saturated rings. The molecule has 12 heavy (non-hydrogen) atoms. The number of hydrogen-bond acceptors (Lipinski definition) is 0. The molecule has 2 heteroatoms. The van der Waals surface area contributed by atoms with Crippen molar-refractivity contribution in [3.05, 3.63) is 48.2 Å². The smallest absolute Gasteiger partial charge is 0.190 e. The Morgan fingerprint density at radius 2 is 1.83 bits per heavy atom. The van der Waals surface area contributed by atoms with Crippen molar-refractivity contribution in [3.63, 3.8) is 0 Å². The predicted molar refractivity (Wildman–Crippen MR) is 48.6 cm³/mol. The van der Waals surface area contributed by atoms with Gasteiger partial charge in [-0.2, -0.15) is 0 Å². The molecule has 1 radical (unpaired) electrons. The molecule has 0 aliphatic carbocycles. The number of hydrogen-bond donors (Lipinski definition) is 0. The summed E-state index contributed by atoms with van der Waals surface area (Å²) in [7, 11) is 0. The van der Waals surface area contributed by atoms with Crippen LogP contribution in [0.3, 0.4) is 0 Å². The zero-order chi connectivity index (χ0) is 7.56. The minimum Gasteiger partial charge on any atom is -0.358 e. The Morgan fingerprint density at radius 3 is 2.25 bits per heavy atom. The fraction of sp³-hybridized carbons (Fsp3) is 0.200. The van der Waals surface area contributed by atoms with Gasteiger partial charge in [0, 0.05) is 32.7 Å². The van der Waals surface area contributed by atoms with Crippen LogP contribution in [0.5, 0.6) is 0 Å². The van der Waals surface area contributed by atoms with Crippen molar-refractivity contribution in [1.29, 1.82) is 0 Å². The van der Waals surface area contributed by atoms with E-state index in [1.807, 2.05) is 32.0 Å². The molecule has 0 atom stereocenters. The molecule has 0 aliphatic heterocycles. The van der Waals surface area contributed by atoms with Gasteiger partial charge in [0.1, 0.15) is 0 Å². The Kier molecular flexibility index (Phi) is 7.58. The Morgan fingerprint density at radius 1 is 1.25 bits per heavy atom. The number of benzene rings is 1. The summed E-state index contributed by atoms with van der Waals surface area (Å²) in [6.45, 7) is 10.8. The van der Waals surface area contributed by atoms with E-state index in [9.17, 15) is 0 Å². The largest absolute Gasteiger partial charge is 0.358 e. The summed E-state index contributed by atoms with van der Waals surface area (Å²) in [4.78, 5) is 3.36. The van der Waals surface area contributed by atoms with Gasteiger partial charge in [-0.05, 0) is 19.4 Å². The van der Waals surface area contributed by atoms with Gasteiger partial charge in [0.15, 0.2) is 5.69 Å². The molecule has 0 aliphatic rings. The fourth-order valence-electron chi connectivity index (χ4n) is 0.931. The van der Waals surface area contributed by atoms with E-state index in [4.69, 9.17) is 6.57 Å². The average Bonchev–Trinajstić information content (AvgIpc) is 1.88. The second-order valence-electron chi connectivity index (χ2n) is 2.40. The zero-order valence-corrected chi connectivity index (χ0v) is 10.6. The Balaban J connectivity index is 0. The maximum Gasteiger partial charge on any atom is 0.190 e. The van der Waals surface area contributed by atoms with E-state index in [1.165, 1.54) is 5.56 Å². The molecule has 0 bridgehead atoms. The molecule has 0 saturated carbocycles. The van der Waals surface area contributed by atoms with E-state index in [1.54, 1.807) is 0 Å². The van der Waals surface area contributed by atoms with Gasteiger partial charge in [-0.1, -0.05) is 23.8 Å². The van der Waals surface area contributed by atoms with Gasteiger partial charge in [0.05, 0.1) is 6.57 Å². The Bertz CT molecular complexity index is 286. The van der Waals surface area contributed by atoms with E-state index in [0.29, 0.717) is 0 Å². The second-order valence-corrected chi connectivity index (χ2v) is 2.40. The van der Waals surface area contributed by atoms with E-state index in [2.05, 4.69) is 4.85 Å². The van der Waals surface area contributed by atoms with Gasteiger partial charge in [-0.3, -0.25) is 0 Å². The molecule has 0 spiro atoms. The minimum atomic E-state index is 0. The number of aryl methyl sites for hydroxylation is 2. The number of nitrogens with zero attached hydrogens (tertiary/aromatic N) is 1. The maximum atomic E-state index is 6.78. The van der Waals surface area contributed by atoms with Crippen LogP contribution in [0.25, 0.3) is 4.85 Å². The predicted octanol–water partition coefficient (Wildman–Crippen LogP) is 3.30.